The molecular weight excluding hydrogens is 286 g/mol. The van der Waals surface area contributed by atoms with Crippen molar-refractivity contribution in [2.45, 2.75) is 12.8 Å². The Balaban J connectivity index is 1.57. The highest BCUT2D eigenvalue weighted by molar-refractivity contribution is 5.78. The average Bonchev–Trinajstić information content (AvgIpc) is 2.55. The van der Waals surface area contributed by atoms with Crippen molar-refractivity contribution in [1.82, 2.24) is 4.90 Å². The summed E-state index contributed by atoms with van der Waals surface area (Å²) >= 11 is 0. The lowest BCUT2D eigenvalue weighted by atomic mass is 9.97. The molecule has 0 bridgehead atoms. The van der Waals surface area contributed by atoms with Crippen LogP contribution in [-0.4, -0.2) is 54.8 Å². The van der Waals surface area contributed by atoms with Gasteiger partial charge in [0, 0.05) is 13.1 Å². The molecule has 6 heteroatoms. The van der Waals surface area contributed by atoms with Crippen LogP contribution in [0.4, 0.5) is 0 Å². The molecule has 1 amide bonds. The number of hydrogen-bond donors (Lipinski definition) is 1. The Morgan fingerprint density at radius 2 is 1.82 bits per heavy atom. The van der Waals surface area contributed by atoms with E-state index >= 15 is 0 Å². The summed E-state index contributed by atoms with van der Waals surface area (Å²) in [5.41, 5.74) is 0. The van der Waals surface area contributed by atoms with Gasteiger partial charge in [-0.3, -0.25) is 9.59 Å². The molecule has 1 aromatic rings. The monoisotopic (exact) mass is 307 g/mol. The minimum absolute atomic E-state index is 0.00981. The van der Waals surface area contributed by atoms with Crippen LogP contribution in [0.2, 0.25) is 0 Å². The number of hydrogen-bond acceptors (Lipinski definition) is 4. The van der Waals surface area contributed by atoms with E-state index < -0.39 is 5.97 Å². The van der Waals surface area contributed by atoms with Crippen LogP contribution in [0, 0.1) is 5.92 Å². The lowest BCUT2D eigenvalue weighted by Crippen LogP contribution is -2.42. The minimum atomic E-state index is -0.776. The number of aliphatic carboxylic acids is 1. The molecule has 1 aliphatic rings. The number of rotatable bonds is 7. The van der Waals surface area contributed by atoms with Crippen LogP contribution in [0.25, 0.3) is 0 Å². The lowest BCUT2D eigenvalue weighted by molar-refractivity contribution is -0.146. The third kappa shape index (κ3) is 5.04. The topological polar surface area (TPSA) is 76.1 Å². The number of ether oxygens (including phenoxy) is 2. The van der Waals surface area contributed by atoms with E-state index in [0.717, 1.165) is 5.75 Å². The second-order valence-electron chi connectivity index (χ2n) is 5.21. The second-order valence-corrected chi connectivity index (χ2v) is 5.21. The van der Waals surface area contributed by atoms with Crippen LogP contribution in [0.15, 0.2) is 30.3 Å². The summed E-state index contributed by atoms with van der Waals surface area (Å²) in [6.45, 7) is 1.71. The van der Waals surface area contributed by atoms with Crippen molar-refractivity contribution < 1.29 is 24.2 Å². The van der Waals surface area contributed by atoms with Crippen molar-refractivity contribution in [3.8, 4) is 5.75 Å². The predicted molar refractivity (Wildman–Crippen MR) is 79.7 cm³/mol. The number of para-hydroxylation sites is 1. The summed E-state index contributed by atoms with van der Waals surface area (Å²) in [5, 5.41) is 8.92. The maximum Gasteiger partial charge on any atom is 0.306 e. The highest BCUT2D eigenvalue weighted by Gasteiger charge is 2.26. The molecule has 6 nitrogen and oxygen atoms in total. The Morgan fingerprint density at radius 1 is 1.14 bits per heavy atom. The van der Waals surface area contributed by atoms with Gasteiger partial charge in [0.2, 0.25) is 5.91 Å². The zero-order valence-corrected chi connectivity index (χ0v) is 12.4. The van der Waals surface area contributed by atoms with E-state index in [0.29, 0.717) is 39.1 Å². The fourth-order valence-corrected chi connectivity index (χ4v) is 2.36. The van der Waals surface area contributed by atoms with E-state index in [1.807, 2.05) is 30.3 Å². The SMILES string of the molecule is O=C(O)C1CCN(C(=O)COCCOc2ccccc2)CC1. The maximum atomic E-state index is 11.9. The van der Waals surface area contributed by atoms with Crippen LogP contribution in [-0.2, 0) is 14.3 Å². The molecule has 0 radical (unpaired) electrons. The Morgan fingerprint density at radius 3 is 2.45 bits per heavy atom. The number of likely N-dealkylation sites (tertiary alicyclic amines) is 1. The number of nitrogens with zero attached hydrogens (tertiary/aromatic N) is 1. The smallest absolute Gasteiger partial charge is 0.306 e. The van der Waals surface area contributed by atoms with Crippen LogP contribution >= 0.6 is 0 Å². The normalized spacial score (nSPS) is 15.5. The largest absolute Gasteiger partial charge is 0.491 e. The van der Waals surface area contributed by atoms with E-state index in [1.165, 1.54) is 0 Å². The van der Waals surface area contributed by atoms with Gasteiger partial charge in [-0.1, -0.05) is 18.2 Å². The molecule has 1 heterocycles. The van der Waals surface area contributed by atoms with Gasteiger partial charge in [0.1, 0.15) is 19.0 Å². The Hall–Kier alpha value is -2.08. The molecule has 0 spiro atoms. The van der Waals surface area contributed by atoms with Gasteiger partial charge in [0.15, 0.2) is 0 Å². The van der Waals surface area contributed by atoms with Crippen molar-refractivity contribution in [3.63, 3.8) is 0 Å². The zero-order valence-electron chi connectivity index (χ0n) is 12.4. The molecular formula is C16H21NO5. The lowest BCUT2D eigenvalue weighted by Gasteiger charge is -2.30. The Labute approximate surface area is 129 Å². The Bertz CT molecular complexity index is 483. The number of carbonyl (C=O) groups excluding carboxylic acids is 1. The fourth-order valence-electron chi connectivity index (χ4n) is 2.36. The van der Waals surface area contributed by atoms with E-state index in [2.05, 4.69) is 0 Å². The maximum absolute atomic E-state index is 11.9. The van der Waals surface area contributed by atoms with E-state index in [1.54, 1.807) is 4.90 Å². The molecule has 120 valence electrons. The van der Waals surface area contributed by atoms with Crippen molar-refractivity contribution in [2.24, 2.45) is 5.92 Å². The van der Waals surface area contributed by atoms with Gasteiger partial charge in [-0.25, -0.2) is 0 Å². The summed E-state index contributed by atoms with van der Waals surface area (Å²) in [7, 11) is 0. The first-order valence-electron chi connectivity index (χ1n) is 7.43. The zero-order chi connectivity index (χ0) is 15.8. The summed E-state index contributed by atoms with van der Waals surface area (Å²) < 4.78 is 10.8. The summed E-state index contributed by atoms with van der Waals surface area (Å²) in [5.74, 6) is -0.428. The second kappa shape index (κ2) is 8.38. The molecule has 1 aromatic carbocycles. The van der Waals surface area contributed by atoms with Gasteiger partial charge in [-0.05, 0) is 25.0 Å². The van der Waals surface area contributed by atoms with Gasteiger partial charge in [0.05, 0.1) is 12.5 Å². The summed E-state index contributed by atoms with van der Waals surface area (Å²) in [4.78, 5) is 24.4. The number of benzene rings is 1. The molecule has 1 fully saturated rings. The van der Waals surface area contributed by atoms with Crippen LogP contribution in [0.1, 0.15) is 12.8 Å². The van der Waals surface area contributed by atoms with Crippen LogP contribution < -0.4 is 4.74 Å². The quantitative estimate of drug-likeness (QED) is 0.771. The highest BCUT2D eigenvalue weighted by Crippen LogP contribution is 2.17. The molecule has 22 heavy (non-hydrogen) atoms. The van der Waals surface area contributed by atoms with Crippen molar-refractivity contribution in [1.29, 1.82) is 0 Å². The number of piperidine rings is 1. The average molecular weight is 307 g/mol. The van der Waals surface area contributed by atoms with Crippen LogP contribution in [0.5, 0.6) is 5.75 Å². The van der Waals surface area contributed by atoms with E-state index in [4.69, 9.17) is 14.6 Å². The third-order valence-electron chi connectivity index (χ3n) is 3.66. The standard InChI is InChI=1S/C16H21NO5/c18-15(17-8-6-13(7-9-17)16(19)20)12-21-10-11-22-14-4-2-1-3-5-14/h1-5,13H,6-12H2,(H,19,20). The number of carboxylic acids is 1. The van der Waals surface area contributed by atoms with Crippen molar-refractivity contribution in [2.75, 3.05) is 32.9 Å². The predicted octanol–water partition coefficient (Wildman–Crippen LogP) is 1.41. The minimum Gasteiger partial charge on any atom is -0.491 e. The number of carbonyl (C=O) groups is 2. The third-order valence-corrected chi connectivity index (χ3v) is 3.66. The molecule has 0 saturated carbocycles. The molecule has 0 aliphatic carbocycles. The van der Waals surface area contributed by atoms with Gasteiger partial charge in [-0.15, -0.1) is 0 Å². The number of carboxylic acid groups (broad SMARTS) is 1. The van der Waals surface area contributed by atoms with Gasteiger partial charge in [0.25, 0.3) is 0 Å². The van der Waals surface area contributed by atoms with Crippen molar-refractivity contribution >= 4 is 11.9 Å². The number of amides is 1. The van der Waals surface area contributed by atoms with E-state index in [9.17, 15) is 9.59 Å². The molecule has 0 atom stereocenters. The first-order chi connectivity index (χ1) is 10.7. The molecule has 1 N–H and O–H groups in total. The molecule has 0 unspecified atom stereocenters. The molecule has 0 aromatic heterocycles. The van der Waals surface area contributed by atoms with E-state index in [-0.39, 0.29) is 18.4 Å². The van der Waals surface area contributed by atoms with Gasteiger partial charge < -0.3 is 19.5 Å². The first-order valence-corrected chi connectivity index (χ1v) is 7.43. The van der Waals surface area contributed by atoms with Gasteiger partial charge >= 0.3 is 5.97 Å². The molecule has 1 saturated heterocycles. The Kier molecular flexibility index (Phi) is 6.21. The van der Waals surface area contributed by atoms with Gasteiger partial charge in [-0.2, -0.15) is 0 Å². The molecule has 2 rings (SSSR count). The summed E-state index contributed by atoms with van der Waals surface area (Å²) in [6, 6.07) is 9.41. The molecule has 1 aliphatic heterocycles. The highest BCUT2D eigenvalue weighted by atomic mass is 16.5. The fraction of sp³-hybridized carbons (Fsp3) is 0.500. The first kappa shape index (κ1) is 16.3. The summed E-state index contributed by atoms with van der Waals surface area (Å²) in [6.07, 6.45) is 1.02. The van der Waals surface area contributed by atoms with Crippen molar-refractivity contribution in [3.05, 3.63) is 30.3 Å². The van der Waals surface area contributed by atoms with Crippen LogP contribution in [0.3, 0.4) is 0 Å².